The molecule has 0 unspecified atom stereocenters. The maximum Gasteiger partial charge on any atom is 0.270 e. The van der Waals surface area contributed by atoms with E-state index >= 15 is 0 Å². The zero-order valence-corrected chi connectivity index (χ0v) is 13.0. The lowest BCUT2D eigenvalue weighted by Gasteiger charge is -2.15. The number of fused-ring (bicyclic) bond motifs is 3. The number of carbonyl (C=O) groups excluding carboxylic acids is 1. The number of hydrogen-bond acceptors (Lipinski definition) is 1. The zero-order valence-electron chi connectivity index (χ0n) is 11.4. The highest BCUT2D eigenvalue weighted by molar-refractivity contribution is 9.10. The molecular formula is C18H13BrNO. The lowest BCUT2D eigenvalue weighted by molar-refractivity contribution is 0.0992. The van der Waals surface area contributed by atoms with Gasteiger partial charge in [-0.1, -0.05) is 46.3 Å². The maximum atomic E-state index is 11.8. The summed E-state index contributed by atoms with van der Waals surface area (Å²) in [5.74, 6) is -0.596. The predicted molar refractivity (Wildman–Crippen MR) is 87.2 cm³/mol. The maximum absolute atomic E-state index is 11.8. The summed E-state index contributed by atoms with van der Waals surface area (Å²) in [6, 6.07) is 8.13. The molecule has 2 aromatic carbocycles. The van der Waals surface area contributed by atoms with E-state index in [9.17, 15) is 4.79 Å². The molecule has 2 aromatic rings. The first-order chi connectivity index (χ1) is 10.2. The van der Waals surface area contributed by atoms with Gasteiger partial charge in [-0.25, -0.2) is 0 Å². The molecule has 2 bridgehead atoms. The van der Waals surface area contributed by atoms with E-state index < -0.39 is 5.91 Å². The van der Waals surface area contributed by atoms with Gasteiger partial charge in [-0.05, 0) is 58.7 Å². The highest BCUT2D eigenvalue weighted by atomic mass is 79.9. The van der Waals surface area contributed by atoms with E-state index in [2.05, 4.69) is 40.2 Å². The van der Waals surface area contributed by atoms with Crippen molar-refractivity contribution >= 4 is 27.9 Å². The fourth-order valence-corrected chi connectivity index (χ4v) is 4.16. The summed E-state index contributed by atoms with van der Waals surface area (Å²) in [4.78, 5) is 11.8. The number of carbonyl (C=O) groups is 1. The minimum Gasteiger partial charge on any atom is -0.267 e. The third kappa shape index (κ3) is 1.80. The van der Waals surface area contributed by atoms with Gasteiger partial charge in [0.2, 0.25) is 0 Å². The van der Waals surface area contributed by atoms with Crippen molar-refractivity contribution in [3.63, 3.8) is 0 Å². The van der Waals surface area contributed by atoms with Crippen LogP contribution >= 0.6 is 15.9 Å². The third-order valence-corrected chi connectivity index (χ3v) is 5.40. The molecule has 0 saturated carbocycles. The zero-order chi connectivity index (χ0) is 14.6. The normalized spacial score (nSPS) is 14.5. The van der Waals surface area contributed by atoms with Gasteiger partial charge in [0.1, 0.15) is 0 Å². The second-order valence-corrected chi connectivity index (χ2v) is 6.36. The average molecular weight is 339 g/mol. The molecule has 0 atom stereocenters. The van der Waals surface area contributed by atoms with Gasteiger partial charge in [0, 0.05) is 10.0 Å². The molecule has 0 aromatic heterocycles. The first-order valence-electron chi connectivity index (χ1n) is 7.06. The van der Waals surface area contributed by atoms with E-state index in [1.165, 1.54) is 16.7 Å². The smallest absolute Gasteiger partial charge is 0.267 e. The molecule has 1 N–H and O–H groups in total. The van der Waals surface area contributed by atoms with Crippen molar-refractivity contribution in [2.75, 3.05) is 0 Å². The lowest BCUT2D eigenvalue weighted by Crippen LogP contribution is -2.05. The molecule has 103 valence electrons. The van der Waals surface area contributed by atoms with Gasteiger partial charge in [0.25, 0.3) is 5.91 Å². The number of halogens is 1. The fraction of sp³-hybridized carbons (Fsp3) is 0.167. The quantitative estimate of drug-likeness (QED) is 0.808. The highest BCUT2D eigenvalue weighted by Crippen LogP contribution is 2.43. The molecule has 0 aliphatic heterocycles. The molecule has 0 saturated heterocycles. The average Bonchev–Trinajstić information content (AvgIpc) is 3.01. The van der Waals surface area contributed by atoms with Crippen LogP contribution in [0.4, 0.5) is 0 Å². The van der Waals surface area contributed by atoms with Crippen LogP contribution in [0.2, 0.25) is 0 Å². The van der Waals surface area contributed by atoms with E-state index in [0.29, 0.717) is 5.56 Å². The van der Waals surface area contributed by atoms with Crippen LogP contribution in [0.15, 0.2) is 34.8 Å². The van der Waals surface area contributed by atoms with Crippen LogP contribution in [0.25, 0.3) is 17.2 Å². The van der Waals surface area contributed by atoms with Gasteiger partial charge in [-0.15, -0.1) is 0 Å². The van der Waals surface area contributed by atoms with Crippen LogP contribution in [-0.4, -0.2) is 5.91 Å². The Morgan fingerprint density at radius 2 is 2.05 bits per heavy atom. The van der Waals surface area contributed by atoms with Gasteiger partial charge in [0.05, 0.1) is 0 Å². The Morgan fingerprint density at radius 1 is 1.19 bits per heavy atom. The molecular weight excluding hydrogens is 326 g/mol. The van der Waals surface area contributed by atoms with E-state index in [0.717, 1.165) is 40.4 Å². The topological polar surface area (TPSA) is 40.9 Å². The van der Waals surface area contributed by atoms with Crippen molar-refractivity contribution in [2.24, 2.45) is 0 Å². The Balaban J connectivity index is 2.07. The Morgan fingerprint density at radius 3 is 2.86 bits per heavy atom. The SMILES string of the molecule is [NH]C(=O)c1cc2c(Br)c(c1-c1cccc3c1C=CC3)CC2. The second-order valence-electron chi connectivity index (χ2n) is 5.56. The van der Waals surface area contributed by atoms with Crippen LogP contribution in [-0.2, 0) is 19.3 Å². The highest BCUT2D eigenvalue weighted by Gasteiger charge is 2.26. The molecule has 4 rings (SSSR count). The third-order valence-electron chi connectivity index (χ3n) is 4.41. The van der Waals surface area contributed by atoms with E-state index in [1.54, 1.807) is 0 Å². The first-order valence-corrected chi connectivity index (χ1v) is 7.85. The number of amides is 1. The lowest BCUT2D eigenvalue weighted by atomic mass is 9.90. The van der Waals surface area contributed by atoms with E-state index in [-0.39, 0.29) is 0 Å². The molecule has 0 fully saturated rings. The Labute approximate surface area is 131 Å². The van der Waals surface area contributed by atoms with Crippen molar-refractivity contribution < 1.29 is 4.79 Å². The van der Waals surface area contributed by atoms with E-state index in [4.69, 9.17) is 5.73 Å². The van der Waals surface area contributed by atoms with Crippen LogP contribution < -0.4 is 5.73 Å². The summed E-state index contributed by atoms with van der Waals surface area (Å²) >= 11 is 3.66. The number of aryl methyl sites for hydroxylation is 1. The molecule has 0 heterocycles. The fourth-order valence-electron chi connectivity index (χ4n) is 3.45. The van der Waals surface area contributed by atoms with E-state index in [1.807, 2.05) is 12.1 Å². The van der Waals surface area contributed by atoms with Crippen molar-refractivity contribution in [1.82, 2.24) is 5.73 Å². The van der Waals surface area contributed by atoms with Crippen molar-refractivity contribution in [2.45, 2.75) is 19.3 Å². The largest absolute Gasteiger partial charge is 0.270 e. The standard InChI is InChI=1S/C18H13BrNO/c19-17-11-7-8-14(17)16(15(9-11)18(20)21)13-6-2-4-10-3-1-5-12(10)13/h1-2,4-6,9,20H,3,7-8H2. The summed E-state index contributed by atoms with van der Waals surface area (Å²) in [7, 11) is 0. The molecule has 2 aliphatic carbocycles. The number of hydrogen-bond donors (Lipinski definition) is 0. The monoisotopic (exact) mass is 338 g/mol. The second kappa shape index (κ2) is 4.57. The van der Waals surface area contributed by atoms with Gasteiger partial charge < -0.3 is 0 Å². The summed E-state index contributed by atoms with van der Waals surface area (Å²) in [5.41, 5.74) is 15.0. The van der Waals surface area contributed by atoms with Crippen LogP contribution in [0.1, 0.15) is 32.6 Å². The molecule has 3 heteroatoms. The Kier molecular flexibility index (Phi) is 2.79. The molecule has 21 heavy (non-hydrogen) atoms. The van der Waals surface area contributed by atoms with Gasteiger partial charge in [-0.2, -0.15) is 0 Å². The number of benzene rings is 2. The number of allylic oxidation sites excluding steroid dienone is 1. The Hall–Kier alpha value is -1.87. The number of nitrogens with one attached hydrogen (secondary N) is 1. The van der Waals surface area contributed by atoms with Crippen LogP contribution in [0.3, 0.4) is 0 Å². The molecule has 1 radical (unpaired) electrons. The molecule has 0 spiro atoms. The summed E-state index contributed by atoms with van der Waals surface area (Å²) in [5, 5.41) is 0. The predicted octanol–water partition coefficient (Wildman–Crippen LogP) is 4.21. The first kappa shape index (κ1) is 12.8. The molecule has 2 aliphatic rings. The molecule has 1 amide bonds. The van der Waals surface area contributed by atoms with Gasteiger partial charge in [0.15, 0.2) is 0 Å². The molecule has 2 nitrogen and oxygen atoms in total. The van der Waals surface area contributed by atoms with Crippen molar-refractivity contribution in [1.29, 1.82) is 0 Å². The summed E-state index contributed by atoms with van der Waals surface area (Å²) in [6.45, 7) is 0. The minimum absolute atomic E-state index is 0.536. The number of rotatable bonds is 2. The van der Waals surface area contributed by atoms with Crippen molar-refractivity contribution in [3.8, 4) is 11.1 Å². The van der Waals surface area contributed by atoms with Crippen LogP contribution in [0.5, 0.6) is 0 Å². The summed E-state index contributed by atoms with van der Waals surface area (Å²) < 4.78 is 1.11. The Bertz CT molecular complexity index is 820. The minimum atomic E-state index is -0.596. The van der Waals surface area contributed by atoms with Gasteiger partial charge in [-0.3, -0.25) is 10.5 Å². The van der Waals surface area contributed by atoms with Crippen LogP contribution in [0, 0.1) is 0 Å². The van der Waals surface area contributed by atoms with Gasteiger partial charge >= 0.3 is 0 Å². The van der Waals surface area contributed by atoms with Crippen molar-refractivity contribution in [3.05, 3.63) is 62.6 Å². The summed E-state index contributed by atoms with van der Waals surface area (Å²) in [6.07, 6.45) is 7.11.